The second-order valence-corrected chi connectivity index (χ2v) is 2.85. The fourth-order valence-electron chi connectivity index (χ4n) is 0.938. The van der Waals surface area contributed by atoms with Crippen molar-refractivity contribution < 1.29 is 14.3 Å². The van der Waals surface area contributed by atoms with Gasteiger partial charge in [0, 0.05) is 12.2 Å². The van der Waals surface area contributed by atoms with Gasteiger partial charge in [0.2, 0.25) is 6.29 Å². The topological polar surface area (TPSA) is 35.5 Å². The summed E-state index contributed by atoms with van der Waals surface area (Å²) in [6.07, 6.45) is 1.89. The lowest BCUT2D eigenvalue weighted by Gasteiger charge is -2.09. The Labute approximate surface area is 71.5 Å². The molecule has 0 N–H and O–H groups in total. The van der Waals surface area contributed by atoms with Crippen molar-refractivity contribution in [3.05, 3.63) is 0 Å². The monoisotopic (exact) mass is 176 g/mol. The second kappa shape index (κ2) is 4.62. The minimum absolute atomic E-state index is 0.216. The zero-order valence-corrected chi connectivity index (χ0v) is 7.18. The summed E-state index contributed by atoms with van der Waals surface area (Å²) in [5.74, 6) is 0.317. The Balaban J connectivity index is 2.13. The molecule has 1 heterocycles. The molecule has 0 aromatic heterocycles. The Kier molecular flexibility index (Phi) is 3.72. The number of ether oxygens (including phenoxy) is 2. The molecule has 1 rings (SSSR count). The van der Waals surface area contributed by atoms with E-state index >= 15 is 0 Å². The van der Waals surface area contributed by atoms with Crippen molar-refractivity contribution in [3.63, 3.8) is 0 Å². The van der Waals surface area contributed by atoms with Crippen LogP contribution in [0.4, 0.5) is 0 Å². The van der Waals surface area contributed by atoms with Gasteiger partial charge in [-0.1, -0.05) is 0 Å². The molecule has 0 aromatic rings. The van der Waals surface area contributed by atoms with Gasteiger partial charge in [0.05, 0.1) is 13.0 Å². The van der Waals surface area contributed by atoms with Gasteiger partial charge in [-0.25, -0.2) is 0 Å². The summed E-state index contributed by atoms with van der Waals surface area (Å²) in [6, 6.07) is 0. The predicted molar refractivity (Wildman–Crippen MR) is 43.5 cm³/mol. The Morgan fingerprint density at radius 2 is 2.55 bits per heavy atom. The van der Waals surface area contributed by atoms with E-state index in [1.165, 1.54) is 0 Å². The summed E-state index contributed by atoms with van der Waals surface area (Å²) < 4.78 is 10.0. The summed E-state index contributed by atoms with van der Waals surface area (Å²) in [4.78, 5) is 10.8. The Morgan fingerprint density at radius 1 is 1.73 bits per heavy atom. The van der Waals surface area contributed by atoms with Crippen molar-refractivity contribution in [2.75, 3.05) is 12.4 Å². The van der Waals surface area contributed by atoms with Crippen LogP contribution in [0.25, 0.3) is 0 Å². The molecule has 1 saturated heterocycles. The van der Waals surface area contributed by atoms with Gasteiger partial charge >= 0.3 is 5.97 Å². The van der Waals surface area contributed by atoms with Gasteiger partial charge in [0.25, 0.3) is 0 Å². The van der Waals surface area contributed by atoms with Crippen LogP contribution in [-0.4, -0.2) is 24.6 Å². The van der Waals surface area contributed by atoms with E-state index in [9.17, 15) is 4.79 Å². The molecule has 4 heteroatoms. The molecule has 1 aliphatic rings. The summed E-state index contributed by atoms with van der Waals surface area (Å²) in [6.45, 7) is 0.707. The van der Waals surface area contributed by atoms with Gasteiger partial charge in [-0.05, 0) is 6.42 Å². The first-order valence-electron chi connectivity index (χ1n) is 3.75. The van der Waals surface area contributed by atoms with Crippen LogP contribution in [-0.2, 0) is 14.3 Å². The van der Waals surface area contributed by atoms with Gasteiger partial charge in [0.1, 0.15) is 0 Å². The maximum Gasteiger partial charge on any atom is 0.308 e. The number of hydrogen-bond donors (Lipinski definition) is 1. The van der Waals surface area contributed by atoms with Crippen LogP contribution >= 0.6 is 12.6 Å². The standard InChI is InChI=1S/C7H12O3S/c8-6(3-5-11)10-7-2-1-4-9-7/h7,11H,1-5H2. The smallest absolute Gasteiger partial charge is 0.308 e. The van der Waals surface area contributed by atoms with E-state index in [4.69, 9.17) is 9.47 Å². The Morgan fingerprint density at radius 3 is 3.09 bits per heavy atom. The average molecular weight is 176 g/mol. The quantitative estimate of drug-likeness (QED) is 0.514. The van der Waals surface area contributed by atoms with Gasteiger partial charge in [-0.15, -0.1) is 0 Å². The van der Waals surface area contributed by atoms with E-state index in [0.717, 1.165) is 12.8 Å². The van der Waals surface area contributed by atoms with E-state index in [2.05, 4.69) is 12.6 Å². The lowest BCUT2D eigenvalue weighted by molar-refractivity contribution is -0.169. The largest absolute Gasteiger partial charge is 0.436 e. The molecule has 11 heavy (non-hydrogen) atoms. The first-order chi connectivity index (χ1) is 5.33. The molecule has 1 unspecified atom stereocenters. The van der Waals surface area contributed by atoms with Crippen molar-refractivity contribution in [1.82, 2.24) is 0 Å². The molecule has 3 nitrogen and oxygen atoms in total. The van der Waals surface area contributed by atoms with E-state index in [-0.39, 0.29) is 12.3 Å². The van der Waals surface area contributed by atoms with Gasteiger partial charge in [0.15, 0.2) is 0 Å². The minimum atomic E-state index is -0.289. The maximum absolute atomic E-state index is 10.8. The molecule has 1 atom stereocenters. The first kappa shape index (κ1) is 8.87. The highest BCUT2D eigenvalue weighted by atomic mass is 32.1. The highest BCUT2D eigenvalue weighted by Gasteiger charge is 2.18. The van der Waals surface area contributed by atoms with Gasteiger partial charge < -0.3 is 9.47 Å². The third kappa shape index (κ3) is 3.12. The summed E-state index contributed by atoms with van der Waals surface area (Å²) in [7, 11) is 0. The highest BCUT2D eigenvalue weighted by molar-refractivity contribution is 7.80. The molecule has 1 fully saturated rings. The van der Waals surface area contributed by atoms with Crippen molar-refractivity contribution in [2.45, 2.75) is 25.6 Å². The summed E-state index contributed by atoms with van der Waals surface area (Å²) >= 11 is 3.91. The summed E-state index contributed by atoms with van der Waals surface area (Å²) in [5.41, 5.74) is 0. The summed E-state index contributed by atoms with van der Waals surface area (Å²) in [5, 5.41) is 0. The molecule has 1 aliphatic heterocycles. The van der Waals surface area contributed by atoms with Crippen LogP contribution in [0.3, 0.4) is 0 Å². The van der Waals surface area contributed by atoms with E-state index in [1.807, 2.05) is 0 Å². The normalized spacial score (nSPS) is 23.5. The molecular weight excluding hydrogens is 164 g/mol. The lowest BCUT2D eigenvalue weighted by atomic mass is 10.4. The zero-order chi connectivity index (χ0) is 8.10. The van der Waals surface area contributed by atoms with Crippen molar-refractivity contribution in [2.24, 2.45) is 0 Å². The van der Waals surface area contributed by atoms with Crippen LogP contribution in [0.5, 0.6) is 0 Å². The predicted octanol–water partition coefficient (Wildman–Crippen LogP) is 0.986. The maximum atomic E-state index is 10.8. The van der Waals surface area contributed by atoms with Crippen molar-refractivity contribution in [3.8, 4) is 0 Å². The second-order valence-electron chi connectivity index (χ2n) is 2.41. The van der Waals surface area contributed by atoms with Crippen LogP contribution in [0.15, 0.2) is 0 Å². The molecule has 0 radical (unpaired) electrons. The Hall–Kier alpha value is -0.220. The third-order valence-corrected chi connectivity index (χ3v) is 1.69. The highest BCUT2D eigenvalue weighted by Crippen LogP contribution is 2.13. The number of carbonyl (C=O) groups excluding carboxylic acids is 1. The van der Waals surface area contributed by atoms with Gasteiger partial charge in [-0.2, -0.15) is 12.6 Å². The van der Waals surface area contributed by atoms with E-state index in [0.29, 0.717) is 18.8 Å². The Bertz CT molecular complexity index is 132. The van der Waals surface area contributed by atoms with E-state index < -0.39 is 0 Å². The molecular formula is C7H12O3S. The minimum Gasteiger partial charge on any atom is -0.436 e. The number of carbonyl (C=O) groups is 1. The SMILES string of the molecule is O=C(CCS)OC1CCCO1. The average Bonchev–Trinajstić information content (AvgIpc) is 2.40. The molecule has 0 aromatic carbocycles. The van der Waals surface area contributed by atoms with Gasteiger partial charge in [-0.3, -0.25) is 4.79 Å². The zero-order valence-electron chi connectivity index (χ0n) is 6.28. The number of thiol groups is 1. The molecule has 0 bridgehead atoms. The molecule has 0 spiro atoms. The lowest BCUT2D eigenvalue weighted by Crippen LogP contribution is -2.16. The molecule has 0 aliphatic carbocycles. The fourth-order valence-corrected chi connectivity index (χ4v) is 1.12. The molecule has 0 amide bonds. The van der Waals surface area contributed by atoms with Crippen molar-refractivity contribution in [1.29, 1.82) is 0 Å². The first-order valence-corrected chi connectivity index (χ1v) is 4.38. The number of hydrogen-bond acceptors (Lipinski definition) is 4. The van der Waals surface area contributed by atoms with Crippen LogP contribution in [0, 0.1) is 0 Å². The number of esters is 1. The van der Waals surface area contributed by atoms with E-state index in [1.54, 1.807) is 0 Å². The van der Waals surface area contributed by atoms with Crippen LogP contribution < -0.4 is 0 Å². The molecule has 0 saturated carbocycles. The van der Waals surface area contributed by atoms with Crippen LogP contribution in [0.1, 0.15) is 19.3 Å². The molecule has 64 valence electrons. The van der Waals surface area contributed by atoms with Crippen molar-refractivity contribution >= 4 is 18.6 Å². The third-order valence-electron chi connectivity index (χ3n) is 1.47. The fraction of sp³-hybridized carbons (Fsp3) is 0.857. The number of rotatable bonds is 3. The van der Waals surface area contributed by atoms with Crippen LogP contribution in [0.2, 0.25) is 0 Å².